The van der Waals surface area contributed by atoms with E-state index in [9.17, 15) is 9.18 Å². The molecule has 5 heteroatoms. The first-order chi connectivity index (χ1) is 8.63. The van der Waals surface area contributed by atoms with Crippen LogP contribution in [0.15, 0.2) is 18.2 Å². The molecule has 0 atom stereocenters. The summed E-state index contributed by atoms with van der Waals surface area (Å²) in [6.45, 7) is 1.71. The molecule has 0 saturated carbocycles. The van der Waals surface area contributed by atoms with Gasteiger partial charge in [-0.1, -0.05) is 6.07 Å². The van der Waals surface area contributed by atoms with Gasteiger partial charge in [-0.05, 0) is 31.0 Å². The lowest BCUT2D eigenvalue weighted by atomic mass is 9.99. The zero-order chi connectivity index (χ0) is 12.7. The van der Waals surface area contributed by atoms with Crippen LogP contribution in [0.1, 0.15) is 17.8 Å². The van der Waals surface area contributed by atoms with Gasteiger partial charge in [-0.2, -0.15) is 4.39 Å². The van der Waals surface area contributed by atoms with E-state index in [2.05, 4.69) is 15.3 Å². The van der Waals surface area contributed by atoms with E-state index in [-0.39, 0.29) is 5.91 Å². The van der Waals surface area contributed by atoms with E-state index in [1.807, 2.05) is 6.07 Å². The summed E-state index contributed by atoms with van der Waals surface area (Å²) in [5.74, 6) is 0.0830. The Labute approximate surface area is 103 Å². The molecule has 18 heavy (non-hydrogen) atoms. The third kappa shape index (κ3) is 1.77. The SMILES string of the molecule is Cc1nc(F)c(-c2ccc3c(c2)CCC(=O)N3)[nH]1. The van der Waals surface area contributed by atoms with Crippen molar-refractivity contribution in [2.45, 2.75) is 19.8 Å². The van der Waals surface area contributed by atoms with E-state index in [0.29, 0.717) is 24.4 Å². The first-order valence-electron chi connectivity index (χ1n) is 5.79. The lowest BCUT2D eigenvalue weighted by molar-refractivity contribution is -0.116. The molecule has 1 amide bonds. The highest BCUT2D eigenvalue weighted by atomic mass is 19.1. The second kappa shape index (κ2) is 3.94. The van der Waals surface area contributed by atoms with Crippen molar-refractivity contribution in [2.75, 3.05) is 5.32 Å². The number of hydrogen-bond donors (Lipinski definition) is 2. The summed E-state index contributed by atoms with van der Waals surface area (Å²) in [6.07, 6.45) is 1.16. The lowest BCUT2D eigenvalue weighted by Crippen LogP contribution is -2.18. The standard InChI is InChI=1S/C13H12FN3O/c1-7-15-12(13(14)16-7)9-2-4-10-8(6-9)3-5-11(18)17-10/h2,4,6H,3,5H2,1H3,(H,15,16)(H,17,18). The van der Waals surface area contributed by atoms with Gasteiger partial charge in [0.2, 0.25) is 11.9 Å². The van der Waals surface area contributed by atoms with Crippen LogP contribution in [0.2, 0.25) is 0 Å². The third-order valence-electron chi connectivity index (χ3n) is 3.07. The minimum atomic E-state index is -0.493. The number of anilines is 1. The number of nitrogens with zero attached hydrogens (tertiary/aromatic N) is 1. The molecule has 2 N–H and O–H groups in total. The molecular weight excluding hydrogens is 233 g/mol. The smallest absolute Gasteiger partial charge is 0.238 e. The predicted octanol–water partition coefficient (Wildman–Crippen LogP) is 2.41. The van der Waals surface area contributed by atoms with Gasteiger partial charge in [-0.3, -0.25) is 4.79 Å². The van der Waals surface area contributed by atoms with Gasteiger partial charge in [-0.15, -0.1) is 0 Å². The Morgan fingerprint density at radius 3 is 2.89 bits per heavy atom. The minimum absolute atomic E-state index is 0.0267. The average molecular weight is 245 g/mol. The molecular formula is C13H12FN3O. The molecule has 2 heterocycles. The van der Waals surface area contributed by atoms with Crippen LogP contribution in [0.5, 0.6) is 0 Å². The van der Waals surface area contributed by atoms with E-state index >= 15 is 0 Å². The second-order valence-electron chi connectivity index (χ2n) is 4.41. The number of carbonyl (C=O) groups excluding carboxylic acids is 1. The van der Waals surface area contributed by atoms with Crippen LogP contribution < -0.4 is 5.32 Å². The maximum Gasteiger partial charge on any atom is 0.238 e. The molecule has 1 aliphatic rings. The summed E-state index contributed by atoms with van der Waals surface area (Å²) in [5, 5.41) is 2.80. The van der Waals surface area contributed by atoms with Crippen molar-refractivity contribution in [1.29, 1.82) is 0 Å². The van der Waals surface area contributed by atoms with Crippen LogP contribution in [0, 0.1) is 12.9 Å². The molecule has 1 aliphatic heterocycles. The number of aryl methyl sites for hydroxylation is 2. The molecule has 0 bridgehead atoms. The topological polar surface area (TPSA) is 57.8 Å². The van der Waals surface area contributed by atoms with Crippen molar-refractivity contribution in [3.63, 3.8) is 0 Å². The second-order valence-corrected chi connectivity index (χ2v) is 4.41. The van der Waals surface area contributed by atoms with Gasteiger partial charge in [-0.25, -0.2) is 4.98 Å². The molecule has 0 radical (unpaired) electrons. The number of aromatic amines is 1. The number of rotatable bonds is 1. The molecule has 1 aromatic heterocycles. The Bertz CT molecular complexity index is 633. The molecule has 92 valence electrons. The maximum absolute atomic E-state index is 13.6. The van der Waals surface area contributed by atoms with Crippen molar-refractivity contribution in [1.82, 2.24) is 9.97 Å². The molecule has 0 saturated heterocycles. The third-order valence-corrected chi connectivity index (χ3v) is 3.07. The van der Waals surface area contributed by atoms with Gasteiger partial charge < -0.3 is 10.3 Å². The molecule has 0 unspecified atom stereocenters. The van der Waals surface area contributed by atoms with Crippen LogP contribution in [0.3, 0.4) is 0 Å². The Hall–Kier alpha value is -2.17. The van der Waals surface area contributed by atoms with Crippen molar-refractivity contribution >= 4 is 11.6 Å². The zero-order valence-corrected chi connectivity index (χ0v) is 9.88. The highest BCUT2D eigenvalue weighted by molar-refractivity contribution is 5.94. The molecule has 1 aromatic carbocycles. The summed E-state index contributed by atoms with van der Waals surface area (Å²) in [7, 11) is 0. The van der Waals surface area contributed by atoms with Crippen molar-refractivity contribution < 1.29 is 9.18 Å². The predicted molar refractivity (Wildman–Crippen MR) is 65.7 cm³/mol. The van der Waals surface area contributed by atoms with Crippen LogP contribution in [0.25, 0.3) is 11.3 Å². The van der Waals surface area contributed by atoms with Gasteiger partial charge in [0.1, 0.15) is 11.5 Å². The number of fused-ring (bicyclic) bond motifs is 1. The number of hydrogen-bond acceptors (Lipinski definition) is 2. The number of halogens is 1. The molecule has 0 fully saturated rings. The molecule has 4 nitrogen and oxygen atoms in total. The van der Waals surface area contributed by atoms with E-state index in [1.54, 1.807) is 19.1 Å². The summed E-state index contributed by atoms with van der Waals surface area (Å²) in [4.78, 5) is 17.9. The van der Waals surface area contributed by atoms with Crippen molar-refractivity contribution in [2.24, 2.45) is 0 Å². The van der Waals surface area contributed by atoms with Gasteiger partial charge in [0.25, 0.3) is 0 Å². The summed E-state index contributed by atoms with van der Waals surface area (Å²) < 4.78 is 13.6. The van der Waals surface area contributed by atoms with Crippen LogP contribution in [0.4, 0.5) is 10.1 Å². The summed E-state index contributed by atoms with van der Waals surface area (Å²) in [6, 6.07) is 5.47. The first kappa shape index (κ1) is 11.0. The zero-order valence-electron chi connectivity index (χ0n) is 9.88. The fraction of sp³-hybridized carbons (Fsp3) is 0.231. The van der Waals surface area contributed by atoms with E-state index in [1.165, 1.54) is 0 Å². The number of H-pyrrole nitrogens is 1. The van der Waals surface area contributed by atoms with E-state index < -0.39 is 5.95 Å². The van der Waals surface area contributed by atoms with Crippen LogP contribution in [-0.4, -0.2) is 15.9 Å². The highest BCUT2D eigenvalue weighted by Gasteiger charge is 2.17. The maximum atomic E-state index is 13.6. The Kier molecular flexibility index (Phi) is 2.40. The Morgan fingerprint density at radius 1 is 1.33 bits per heavy atom. The van der Waals surface area contributed by atoms with E-state index in [4.69, 9.17) is 0 Å². The monoisotopic (exact) mass is 245 g/mol. The van der Waals surface area contributed by atoms with Gasteiger partial charge >= 0.3 is 0 Å². The minimum Gasteiger partial charge on any atom is -0.340 e. The summed E-state index contributed by atoms with van der Waals surface area (Å²) in [5.41, 5.74) is 2.99. The molecule has 3 rings (SSSR count). The number of amides is 1. The van der Waals surface area contributed by atoms with Gasteiger partial charge in [0.15, 0.2) is 0 Å². The summed E-state index contributed by atoms with van der Waals surface area (Å²) >= 11 is 0. The van der Waals surface area contributed by atoms with Gasteiger partial charge in [0.05, 0.1) is 0 Å². The number of imidazole rings is 1. The van der Waals surface area contributed by atoms with Gasteiger partial charge in [0, 0.05) is 17.7 Å². The van der Waals surface area contributed by atoms with Crippen LogP contribution in [-0.2, 0) is 11.2 Å². The van der Waals surface area contributed by atoms with Crippen molar-refractivity contribution in [3.8, 4) is 11.3 Å². The number of carbonyl (C=O) groups is 1. The Morgan fingerprint density at radius 2 is 2.17 bits per heavy atom. The van der Waals surface area contributed by atoms with Crippen LogP contribution >= 0.6 is 0 Å². The van der Waals surface area contributed by atoms with Crippen molar-refractivity contribution in [3.05, 3.63) is 35.5 Å². The van der Waals surface area contributed by atoms with E-state index in [0.717, 1.165) is 16.8 Å². The number of aromatic nitrogens is 2. The number of nitrogens with one attached hydrogen (secondary N) is 2. The fourth-order valence-corrected chi connectivity index (χ4v) is 2.19. The molecule has 0 aliphatic carbocycles. The number of benzene rings is 1. The Balaban J connectivity index is 2.05. The highest BCUT2D eigenvalue weighted by Crippen LogP contribution is 2.28. The fourth-order valence-electron chi connectivity index (χ4n) is 2.19. The average Bonchev–Trinajstić information content (AvgIpc) is 2.68. The normalized spacial score (nSPS) is 14.2. The molecule has 0 spiro atoms. The molecule has 2 aromatic rings. The lowest BCUT2D eigenvalue weighted by Gasteiger charge is -2.17. The first-order valence-corrected chi connectivity index (χ1v) is 5.79. The largest absolute Gasteiger partial charge is 0.340 e. The quantitative estimate of drug-likeness (QED) is 0.810.